The molecule has 3 heterocycles. The van der Waals surface area contributed by atoms with Gasteiger partial charge in [-0.05, 0) is 47.4 Å². The van der Waals surface area contributed by atoms with Crippen LogP contribution in [0.25, 0.3) is 38.1 Å². The molecule has 0 aliphatic carbocycles. The zero-order valence-corrected chi connectivity index (χ0v) is 20.2. The zero-order valence-electron chi connectivity index (χ0n) is 13.7. The number of rotatable bonds is 2. The molecule has 0 aliphatic heterocycles. The van der Waals surface area contributed by atoms with Crippen LogP contribution >= 0.6 is 22.9 Å². The van der Waals surface area contributed by atoms with Crippen molar-refractivity contribution >= 4 is 50.1 Å². The summed E-state index contributed by atoms with van der Waals surface area (Å²) in [6, 6.07) is 5.38. The minimum absolute atomic E-state index is 0. The van der Waals surface area contributed by atoms with Crippen LogP contribution in [-0.4, -0.2) is 21.2 Å². The molecule has 0 spiro atoms. The van der Waals surface area contributed by atoms with Gasteiger partial charge in [0.15, 0.2) is 0 Å². The number of halogens is 1. The van der Waals surface area contributed by atoms with E-state index >= 15 is 0 Å². The molecule has 6 nitrogen and oxygen atoms in total. The largest absolute Gasteiger partial charge is 1.00 e. The molecule has 120 valence electrons. The number of hydrogen-bond acceptors (Lipinski definition) is 6. The summed E-state index contributed by atoms with van der Waals surface area (Å²) >= 11 is 7.56. The Kier molecular flexibility index (Phi) is 5.44. The van der Waals surface area contributed by atoms with Crippen LogP contribution in [0.15, 0.2) is 22.8 Å². The summed E-state index contributed by atoms with van der Waals surface area (Å²) in [7, 11) is 0. The van der Waals surface area contributed by atoms with Gasteiger partial charge in [-0.25, -0.2) is 9.61 Å². The van der Waals surface area contributed by atoms with Crippen LogP contribution in [0.5, 0.6) is 0 Å². The van der Waals surface area contributed by atoms with E-state index in [1.807, 2.05) is 19.9 Å². The molecule has 3 aromatic heterocycles. The minimum atomic E-state index is -0.750. The van der Waals surface area contributed by atoms with E-state index in [4.69, 9.17) is 22.0 Å². The van der Waals surface area contributed by atoms with E-state index in [9.17, 15) is 4.79 Å². The van der Waals surface area contributed by atoms with E-state index in [0.29, 0.717) is 37.0 Å². The molecule has 0 bridgehead atoms. The minimum Gasteiger partial charge on any atom is -0.663 e. The van der Waals surface area contributed by atoms with Crippen LogP contribution in [0.2, 0.25) is 5.02 Å². The van der Waals surface area contributed by atoms with Gasteiger partial charge in [0, 0.05) is 10.9 Å². The Morgan fingerprint density at radius 3 is 2.68 bits per heavy atom. The predicted molar refractivity (Wildman–Crippen MR) is 93.6 cm³/mol. The number of nitrogens with zero attached hydrogens (tertiary/aromatic N) is 3. The Morgan fingerprint density at radius 2 is 1.96 bits per heavy atom. The summed E-state index contributed by atoms with van der Waals surface area (Å²) in [4.78, 5) is 17.4. The van der Waals surface area contributed by atoms with Gasteiger partial charge >= 0.3 is 58.2 Å². The van der Waals surface area contributed by atoms with Crippen molar-refractivity contribution in [1.29, 1.82) is 0 Å². The Labute approximate surface area is 200 Å². The van der Waals surface area contributed by atoms with Crippen LogP contribution in [0.4, 0.5) is 0 Å². The van der Waals surface area contributed by atoms with Gasteiger partial charge in [-0.2, -0.15) is 0 Å². The second kappa shape index (κ2) is 7.13. The monoisotopic (exact) mass is 442 g/mol. The molecule has 25 heavy (non-hydrogen) atoms. The number of thiophene rings is 1. The number of aromatic nitrogens is 3. The van der Waals surface area contributed by atoms with Gasteiger partial charge in [0.1, 0.15) is 15.9 Å². The Hall–Kier alpha value is -0.705. The molecule has 0 unspecified atom stereocenters. The summed E-state index contributed by atoms with van der Waals surface area (Å²) < 4.78 is 4.73. The first kappa shape index (κ1) is 19.1. The molecule has 4 aromatic rings. The number of hydrogen-bond donors (Lipinski definition) is 0. The average molecular weight is 443 g/mol. The molecule has 0 aliphatic rings. The van der Waals surface area contributed by atoms with Gasteiger partial charge in [-0.15, -0.1) is 11.3 Å². The van der Waals surface area contributed by atoms with Crippen LogP contribution in [0.1, 0.15) is 20.9 Å². The first-order valence-electron chi connectivity index (χ1n) is 7.05. The third kappa shape index (κ3) is 3.11. The maximum Gasteiger partial charge on any atom is 1.00 e. The van der Waals surface area contributed by atoms with Crippen molar-refractivity contribution in [1.82, 2.24) is 15.3 Å². The second-order valence-electron chi connectivity index (χ2n) is 5.42. The van der Waals surface area contributed by atoms with Crippen molar-refractivity contribution in [3.63, 3.8) is 0 Å². The fourth-order valence-electron chi connectivity index (χ4n) is 2.80. The standard InChI is InChI=1S/C16H11ClN4O2S.Rb/c1-6-11-12(8-3-4-9-10(5-8)21-23-20-9)14(15(18)22)24-16(11)19-7(2)13(6)17;/h3-5H,1-2H3,(H2,18,22);/q;+1/p-1. The third-order valence-electron chi connectivity index (χ3n) is 3.93. The molecule has 9 heteroatoms. The van der Waals surface area contributed by atoms with E-state index in [0.717, 1.165) is 16.5 Å². The quantitative estimate of drug-likeness (QED) is 0.473. The van der Waals surface area contributed by atoms with E-state index in [2.05, 4.69) is 15.3 Å². The van der Waals surface area contributed by atoms with Crippen molar-refractivity contribution in [2.45, 2.75) is 13.8 Å². The van der Waals surface area contributed by atoms with Gasteiger partial charge in [-0.1, -0.05) is 17.7 Å². The average Bonchev–Trinajstić information content (AvgIpc) is 3.15. The molecule has 0 saturated heterocycles. The normalized spacial score (nSPS) is 11.0. The summed E-state index contributed by atoms with van der Waals surface area (Å²) in [6.45, 7) is 3.72. The molecular formula is C16H10ClN4O2RbS. The molecule has 0 atom stereocenters. The fourth-order valence-corrected chi connectivity index (χ4v) is 4.09. The fraction of sp³-hybridized carbons (Fsp3) is 0.125. The molecule has 1 N–H and O–H groups in total. The number of nitrogens with one attached hydrogen (secondary N) is 1. The smallest absolute Gasteiger partial charge is 0.663 e. The number of amides is 1. The number of pyridine rings is 1. The molecule has 0 radical (unpaired) electrons. The summed E-state index contributed by atoms with van der Waals surface area (Å²) in [6.07, 6.45) is 0. The predicted octanol–water partition coefficient (Wildman–Crippen LogP) is 1.97. The summed E-state index contributed by atoms with van der Waals surface area (Å²) in [5.74, 6) is -0.750. The number of carbonyl (C=O) groups is 1. The molecule has 4 rings (SSSR count). The van der Waals surface area contributed by atoms with Crippen molar-refractivity contribution in [3.05, 3.63) is 45.1 Å². The van der Waals surface area contributed by atoms with E-state index in [1.54, 1.807) is 12.1 Å². The third-order valence-corrected chi connectivity index (χ3v) is 5.57. The Balaban J connectivity index is 0.00000182. The zero-order chi connectivity index (χ0) is 17.0. The Morgan fingerprint density at radius 1 is 1.24 bits per heavy atom. The van der Waals surface area contributed by atoms with Crippen LogP contribution in [0.3, 0.4) is 0 Å². The molecule has 1 aromatic carbocycles. The maximum atomic E-state index is 11.9. The van der Waals surface area contributed by atoms with Gasteiger partial charge < -0.3 is 10.5 Å². The molecule has 1 amide bonds. The van der Waals surface area contributed by atoms with E-state index < -0.39 is 5.91 Å². The van der Waals surface area contributed by atoms with E-state index in [1.165, 1.54) is 11.3 Å². The summed E-state index contributed by atoms with van der Waals surface area (Å²) in [5, 5.41) is 8.98. The van der Waals surface area contributed by atoms with Crippen LogP contribution < -0.4 is 58.2 Å². The van der Waals surface area contributed by atoms with Gasteiger partial charge in [-0.3, -0.25) is 0 Å². The van der Waals surface area contributed by atoms with Crippen molar-refractivity contribution in [3.8, 4) is 11.1 Å². The molecular weight excluding hydrogens is 433 g/mol. The number of fused-ring (bicyclic) bond motifs is 2. The van der Waals surface area contributed by atoms with Gasteiger partial charge in [0.05, 0.1) is 21.5 Å². The Bertz CT molecular complexity index is 1140. The van der Waals surface area contributed by atoms with Crippen LogP contribution in [0, 0.1) is 13.8 Å². The topological polar surface area (TPSA) is 92.7 Å². The van der Waals surface area contributed by atoms with Crippen molar-refractivity contribution in [2.24, 2.45) is 0 Å². The number of carbonyl (C=O) groups excluding carboxylic acids is 1. The molecule has 0 fully saturated rings. The van der Waals surface area contributed by atoms with E-state index in [-0.39, 0.29) is 58.2 Å². The van der Waals surface area contributed by atoms with Crippen molar-refractivity contribution in [2.75, 3.05) is 0 Å². The first-order valence-corrected chi connectivity index (χ1v) is 8.24. The van der Waals surface area contributed by atoms with Crippen molar-refractivity contribution < 1.29 is 67.6 Å². The SMILES string of the molecule is Cc1nc2sc(C([NH-])=O)c(-c3ccc4nonc4c3)c2c(C)c1Cl.[Rb+]. The number of benzene rings is 1. The molecule has 0 saturated carbocycles. The number of aryl methyl sites for hydroxylation is 2. The van der Waals surface area contributed by atoms with Crippen LogP contribution in [-0.2, 0) is 0 Å². The summed E-state index contributed by atoms with van der Waals surface area (Å²) in [5.41, 5.74) is 11.8. The first-order chi connectivity index (χ1) is 11.5. The second-order valence-corrected chi connectivity index (χ2v) is 6.80. The van der Waals surface area contributed by atoms with Gasteiger partial charge in [0.2, 0.25) is 0 Å². The van der Waals surface area contributed by atoms with Gasteiger partial charge in [0.25, 0.3) is 0 Å². The maximum absolute atomic E-state index is 11.9.